The van der Waals surface area contributed by atoms with E-state index in [-0.39, 0.29) is 23.8 Å². The Labute approximate surface area is 146 Å². The van der Waals surface area contributed by atoms with Crippen LogP contribution in [-0.4, -0.2) is 31.6 Å². The number of carbonyl (C=O) groups is 1. The first kappa shape index (κ1) is 18.6. The Morgan fingerprint density at radius 1 is 1.25 bits per heavy atom. The number of thiazole rings is 1. The highest BCUT2D eigenvalue weighted by atomic mass is 32.2. The van der Waals surface area contributed by atoms with Gasteiger partial charge < -0.3 is 11.1 Å². The largest absolute Gasteiger partial charge is 0.356 e. The molecule has 6 nitrogen and oxygen atoms in total. The molecular formula is C16H21N3O3S2. The lowest BCUT2D eigenvalue weighted by Gasteiger charge is -2.06. The molecule has 0 fully saturated rings. The van der Waals surface area contributed by atoms with Crippen LogP contribution in [0, 0.1) is 0 Å². The minimum absolute atomic E-state index is 0.0302. The molecule has 1 amide bonds. The molecule has 0 radical (unpaired) electrons. The van der Waals surface area contributed by atoms with Crippen LogP contribution in [0.1, 0.15) is 22.7 Å². The van der Waals surface area contributed by atoms with Crippen molar-refractivity contribution in [3.63, 3.8) is 0 Å². The van der Waals surface area contributed by atoms with Crippen LogP contribution in [0.25, 0.3) is 0 Å². The molecule has 0 bridgehead atoms. The van der Waals surface area contributed by atoms with Gasteiger partial charge in [-0.1, -0.05) is 30.3 Å². The average molecular weight is 367 g/mol. The van der Waals surface area contributed by atoms with Gasteiger partial charge in [0, 0.05) is 18.5 Å². The molecule has 8 heteroatoms. The Bertz CT molecular complexity index is 758. The third-order valence-electron chi connectivity index (χ3n) is 3.30. The van der Waals surface area contributed by atoms with E-state index < -0.39 is 9.84 Å². The summed E-state index contributed by atoms with van der Waals surface area (Å²) < 4.78 is 24.1. The van der Waals surface area contributed by atoms with Gasteiger partial charge in [-0.3, -0.25) is 4.79 Å². The van der Waals surface area contributed by atoms with Crippen molar-refractivity contribution in [1.29, 1.82) is 0 Å². The maximum atomic E-state index is 12.0. The zero-order valence-corrected chi connectivity index (χ0v) is 14.9. The predicted molar refractivity (Wildman–Crippen MR) is 95.3 cm³/mol. The molecule has 0 aliphatic heterocycles. The minimum Gasteiger partial charge on any atom is -0.356 e. The van der Waals surface area contributed by atoms with Crippen LogP contribution in [-0.2, 0) is 33.4 Å². The zero-order chi connectivity index (χ0) is 17.4. The number of nitrogens with one attached hydrogen (secondary N) is 1. The number of rotatable bonds is 9. The first-order valence-electron chi connectivity index (χ1n) is 7.63. The standard InChI is InChI=1S/C16H21N3O3S2/c17-10-16-19-14(11-23-16)9-15(20)18-7-4-8-24(21,22)12-13-5-2-1-3-6-13/h1-3,5-6,11H,4,7-10,12,17H2,(H,18,20). The predicted octanol–water partition coefficient (Wildman–Crippen LogP) is 1.27. The molecule has 0 aliphatic carbocycles. The number of sulfone groups is 1. The molecule has 0 saturated heterocycles. The van der Waals surface area contributed by atoms with E-state index in [2.05, 4.69) is 10.3 Å². The normalized spacial score (nSPS) is 11.4. The molecule has 2 rings (SSSR count). The van der Waals surface area contributed by atoms with E-state index >= 15 is 0 Å². The number of nitrogens with two attached hydrogens (primary N) is 1. The zero-order valence-electron chi connectivity index (χ0n) is 13.3. The van der Waals surface area contributed by atoms with Gasteiger partial charge in [0.05, 0.1) is 23.6 Å². The topological polar surface area (TPSA) is 102 Å². The fraction of sp³-hybridized carbons (Fsp3) is 0.375. The van der Waals surface area contributed by atoms with E-state index in [1.165, 1.54) is 11.3 Å². The maximum absolute atomic E-state index is 12.0. The average Bonchev–Trinajstić information content (AvgIpc) is 3.00. The van der Waals surface area contributed by atoms with Crippen LogP contribution >= 0.6 is 11.3 Å². The van der Waals surface area contributed by atoms with E-state index in [1.807, 2.05) is 23.6 Å². The molecule has 0 saturated carbocycles. The van der Waals surface area contributed by atoms with Crippen molar-refractivity contribution < 1.29 is 13.2 Å². The fourth-order valence-corrected chi connectivity index (χ4v) is 4.27. The Morgan fingerprint density at radius 3 is 2.67 bits per heavy atom. The highest BCUT2D eigenvalue weighted by Gasteiger charge is 2.12. The van der Waals surface area contributed by atoms with Crippen molar-refractivity contribution in [3.05, 3.63) is 52.0 Å². The molecule has 3 N–H and O–H groups in total. The van der Waals surface area contributed by atoms with Crippen LogP contribution in [0.4, 0.5) is 0 Å². The Balaban J connectivity index is 1.69. The van der Waals surface area contributed by atoms with Gasteiger partial charge in [-0.25, -0.2) is 13.4 Å². The molecule has 1 aromatic carbocycles. The van der Waals surface area contributed by atoms with E-state index in [0.29, 0.717) is 25.2 Å². The molecule has 130 valence electrons. The lowest BCUT2D eigenvalue weighted by atomic mass is 10.2. The second-order valence-electron chi connectivity index (χ2n) is 5.39. The molecule has 1 heterocycles. The minimum atomic E-state index is -3.17. The van der Waals surface area contributed by atoms with Gasteiger partial charge in [0.25, 0.3) is 0 Å². The third kappa shape index (κ3) is 6.38. The van der Waals surface area contributed by atoms with Crippen molar-refractivity contribution >= 4 is 27.1 Å². The number of carbonyl (C=O) groups excluding carboxylic acids is 1. The second-order valence-corrected chi connectivity index (χ2v) is 8.52. The second kappa shape index (κ2) is 8.91. The molecule has 0 unspecified atom stereocenters. The summed E-state index contributed by atoms with van der Waals surface area (Å²) in [6, 6.07) is 9.08. The molecule has 0 atom stereocenters. The Morgan fingerprint density at radius 2 is 2.00 bits per heavy atom. The molecule has 0 spiro atoms. The van der Waals surface area contributed by atoms with Crippen molar-refractivity contribution in [3.8, 4) is 0 Å². The van der Waals surface area contributed by atoms with Crippen LogP contribution < -0.4 is 11.1 Å². The van der Waals surface area contributed by atoms with Crippen molar-refractivity contribution in [1.82, 2.24) is 10.3 Å². The SMILES string of the molecule is NCc1nc(CC(=O)NCCCS(=O)(=O)Cc2ccccc2)cs1. The summed E-state index contributed by atoms with van der Waals surface area (Å²) in [6.45, 7) is 0.701. The van der Waals surface area contributed by atoms with E-state index in [9.17, 15) is 13.2 Å². The van der Waals surface area contributed by atoms with Gasteiger partial charge in [0.1, 0.15) is 5.01 Å². The first-order valence-corrected chi connectivity index (χ1v) is 10.3. The smallest absolute Gasteiger partial charge is 0.226 e. The Hall–Kier alpha value is -1.77. The highest BCUT2D eigenvalue weighted by Crippen LogP contribution is 2.09. The summed E-state index contributed by atoms with van der Waals surface area (Å²) in [5.74, 6) is -0.0806. The summed E-state index contributed by atoms with van der Waals surface area (Å²) in [5.41, 5.74) is 6.95. The molecule has 2 aromatic rings. The number of hydrogen-bond donors (Lipinski definition) is 2. The van der Waals surface area contributed by atoms with E-state index in [4.69, 9.17) is 5.73 Å². The van der Waals surface area contributed by atoms with E-state index in [0.717, 1.165) is 10.6 Å². The third-order valence-corrected chi connectivity index (χ3v) is 5.90. The van der Waals surface area contributed by atoms with Gasteiger partial charge in [-0.15, -0.1) is 11.3 Å². The summed E-state index contributed by atoms with van der Waals surface area (Å²) in [7, 11) is -3.17. The number of aromatic nitrogens is 1. The highest BCUT2D eigenvalue weighted by molar-refractivity contribution is 7.90. The molecule has 1 aromatic heterocycles. The van der Waals surface area contributed by atoms with E-state index in [1.54, 1.807) is 12.1 Å². The first-order chi connectivity index (χ1) is 11.5. The lowest BCUT2D eigenvalue weighted by Crippen LogP contribution is -2.27. The Kier molecular flexibility index (Phi) is 6.89. The van der Waals surface area contributed by atoms with Crippen LogP contribution in [0.5, 0.6) is 0 Å². The number of hydrogen-bond acceptors (Lipinski definition) is 6. The summed E-state index contributed by atoms with van der Waals surface area (Å²) in [4.78, 5) is 16.0. The lowest BCUT2D eigenvalue weighted by molar-refractivity contribution is -0.120. The van der Waals surface area contributed by atoms with Gasteiger partial charge in [-0.2, -0.15) is 0 Å². The monoisotopic (exact) mass is 367 g/mol. The number of benzene rings is 1. The maximum Gasteiger partial charge on any atom is 0.226 e. The molecule has 0 aliphatic rings. The van der Waals surface area contributed by atoms with Crippen molar-refractivity contribution in [2.75, 3.05) is 12.3 Å². The summed E-state index contributed by atoms with van der Waals surface area (Å²) >= 11 is 1.43. The van der Waals surface area contributed by atoms with Gasteiger partial charge in [0.2, 0.25) is 5.91 Å². The van der Waals surface area contributed by atoms with Crippen molar-refractivity contribution in [2.24, 2.45) is 5.73 Å². The van der Waals surface area contributed by atoms with Gasteiger partial charge in [-0.05, 0) is 12.0 Å². The van der Waals surface area contributed by atoms with Crippen molar-refractivity contribution in [2.45, 2.75) is 25.1 Å². The molecular weight excluding hydrogens is 346 g/mol. The van der Waals surface area contributed by atoms with Crippen LogP contribution in [0.3, 0.4) is 0 Å². The number of nitrogens with zero attached hydrogens (tertiary/aromatic N) is 1. The van der Waals surface area contributed by atoms with Crippen LogP contribution in [0.15, 0.2) is 35.7 Å². The summed E-state index contributed by atoms with van der Waals surface area (Å²) in [6.07, 6.45) is 0.583. The quantitative estimate of drug-likeness (QED) is 0.650. The summed E-state index contributed by atoms with van der Waals surface area (Å²) in [5, 5.41) is 5.33. The van der Waals surface area contributed by atoms with Crippen LogP contribution in [0.2, 0.25) is 0 Å². The van der Waals surface area contributed by atoms with Gasteiger partial charge in [0.15, 0.2) is 9.84 Å². The number of amides is 1. The molecule has 24 heavy (non-hydrogen) atoms. The fourth-order valence-electron chi connectivity index (χ4n) is 2.17. The van der Waals surface area contributed by atoms with Gasteiger partial charge >= 0.3 is 0 Å².